The SMILES string of the molecule is NC(=O)C=CCN[C]=O. The molecule has 49 valence electrons. The Morgan fingerprint density at radius 3 is 2.89 bits per heavy atom. The standard InChI is InChI=1S/C5H7N2O2/c6-5(9)2-1-3-7-4-8/h1-2H,3H2,(H2,6,9)(H,7,8). The Morgan fingerprint density at radius 1 is 1.78 bits per heavy atom. The summed E-state index contributed by atoms with van der Waals surface area (Å²) in [5.74, 6) is -0.525. The molecule has 0 saturated heterocycles. The molecule has 2 amide bonds. The molecule has 0 saturated carbocycles. The Labute approximate surface area is 52.7 Å². The first kappa shape index (κ1) is 7.68. The highest BCUT2D eigenvalue weighted by Crippen LogP contribution is 1.65. The molecule has 0 aromatic carbocycles. The highest BCUT2D eigenvalue weighted by molar-refractivity contribution is 5.85. The summed E-state index contributed by atoms with van der Waals surface area (Å²) in [5.41, 5.74) is 4.72. The van der Waals surface area contributed by atoms with Gasteiger partial charge in [-0.3, -0.25) is 9.59 Å². The van der Waals surface area contributed by atoms with Crippen molar-refractivity contribution >= 4 is 12.3 Å². The Hall–Kier alpha value is -1.32. The minimum atomic E-state index is -0.525. The summed E-state index contributed by atoms with van der Waals surface area (Å²) >= 11 is 0. The van der Waals surface area contributed by atoms with Gasteiger partial charge in [0.05, 0.1) is 0 Å². The fourth-order valence-corrected chi connectivity index (χ4v) is 0.276. The van der Waals surface area contributed by atoms with Gasteiger partial charge < -0.3 is 11.1 Å². The van der Waals surface area contributed by atoms with Crippen molar-refractivity contribution in [2.75, 3.05) is 6.54 Å². The molecule has 4 nitrogen and oxygen atoms in total. The summed E-state index contributed by atoms with van der Waals surface area (Å²) < 4.78 is 0. The normalized spacial score (nSPS) is 9.33. The van der Waals surface area contributed by atoms with Crippen LogP contribution < -0.4 is 11.1 Å². The Balaban J connectivity index is 3.24. The van der Waals surface area contributed by atoms with Crippen molar-refractivity contribution in [2.45, 2.75) is 0 Å². The van der Waals surface area contributed by atoms with Crippen molar-refractivity contribution < 1.29 is 9.59 Å². The smallest absolute Gasteiger partial charge is 0.309 e. The van der Waals surface area contributed by atoms with Gasteiger partial charge in [0.25, 0.3) is 0 Å². The molecule has 0 aliphatic rings. The molecule has 0 heterocycles. The zero-order valence-corrected chi connectivity index (χ0v) is 4.76. The lowest BCUT2D eigenvalue weighted by Crippen LogP contribution is -2.11. The fraction of sp³-hybridized carbons (Fsp3) is 0.200. The number of hydrogen-bond donors (Lipinski definition) is 2. The minimum absolute atomic E-state index is 0.284. The van der Waals surface area contributed by atoms with Crippen LogP contribution in [0.15, 0.2) is 12.2 Å². The van der Waals surface area contributed by atoms with E-state index in [0.29, 0.717) is 0 Å². The van der Waals surface area contributed by atoms with Crippen LogP contribution in [0.3, 0.4) is 0 Å². The van der Waals surface area contributed by atoms with Crippen molar-refractivity contribution in [2.24, 2.45) is 5.73 Å². The Bertz CT molecular complexity index is 131. The Morgan fingerprint density at radius 2 is 2.44 bits per heavy atom. The second-order valence-electron chi connectivity index (χ2n) is 1.29. The van der Waals surface area contributed by atoms with Gasteiger partial charge in [-0.15, -0.1) is 0 Å². The number of primary amides is 1. The first-order chi connectivity index (χ1) is 4.27. The molecule has 9 heavy (non-hydrogen) atoms. The van der Waals surface area contributed by atoms with Crippen molar-refractivity contribution in [3.8, 4) is 0 Å². The van der Waals surface area contributed by atoms with Gasteiger partial charge in [0, 0.05) is 12.6 Å². The molecule has 0 aliphatic heterocycles. The van der Waals surface area contributed by atoms with Crippen LogP contribution in [-0.4, -0.2) is 18.9 Å². The van der Waals surface area contributed by atoms with E-state index >= 15 is 0 Å². The molecule has 0 spiro atoms. The molecule has 0 bridgehead atoms. The molecule has 0 rings (SSSR count). The van der Waals surface area contributed by atoms with Gasteiger partial charge in [0.15, 0.2) is 0 Å². The highest BCUT2D eigenvalue weighted by Gasteiger charge is 1.79. The maximum Gasteiger partial charge on any atom is 0.309 e. The lowest BCUT2D eigenvalue weighted by molar-refractivity contribution is -0.113. The first-order valence-electron chi connectivity index (χ1n) is 2.33. The maximum atomic E-state index is 9.97. The van der Waals surface area contributed by atoms with E-state index in [0.717, 1.165) is 0 Å². The summed E-state index contributed by atoms with van der Waals surface area (Å²) in [6.07, 6.45) is 4.05. The van der Waals surface area contributed by atoms with Gasteiger partial charge in [-0.1, -0.05) is 6.08 Å². The summed E-state index contributed by atoms with van der Waals surface area (Å²) in [5, 5.41) is 2.20. The van der Waals surface area contributed by atoms with Crippen molar-refractivity contribution in [3.05, 3.63) is 12.2 Å². The van der Waals surface area contributed by atoms with Crippen LogP contribution in [0.25, 0.3) is 0 Å². The maximum absolute atomic E-state index is 9.97. The van der Waals surface area contributed by atoms with Crippen molar-refractivity contribution in [1.29, 1.82) is 0 Å². The summed E-state index contributed by atoms with van der Waals surface area (Å²) in [6, 6.07) is 0. The van der Waals surface area contributed by atoms with Crippen LogP contribution in [0.2, 0.25) is 0 Å². The third kappa shape index (κ3) is 6.68. The van der Waals surface area contributed by atoms with Crippen LogP contribution in [0.5, 0.6) is 0 Å². The topological polar surface area (TPSA) is 72.2 Å². The summed E-state index contributed by atoms with van der Waals surface area (Å²) in [7, 11) is 0. The Kier molecular flexibility index (Phi) is 4.12. The first-order valence-corrected chi connectivity index (χ1v) is 2.33. The van der Waals surface area contributed by atoms with Gasteiger partial charge in [-0.05, 0) is 0 Å². The highest BCUT2D eigenvalue weighted by atomic mass is 16.1. The number of nitrogens with one attached hydrogen (secondary N) is 1. The monoisotopic (exact) mass is 127 g/mol. The largest absolute Gasteiger partial charge is 0.366 e. The number of hydrogen-bond acceptors (Lipinski definition) is 2. The van der Waals surface area contributed by atoms with E-state index in [-0.39, 0.29) is 6.54 Å². The number of rotatable bonds is 4. The molecular formula is C5H7N2O2. The zero-order valence-electron chi connectivity index (χ0n) is 4.76. The van der Waals surface area contributed by atoms with Crippen molar-refractivity contribution in [1.82, 2.24) is 5.32 Å². The van der Waals surface area contributed by atoms with E-state index in [2.05, 4.69) is 5.32 Å². The molecule has 0 atom stereocenters. The second-order valence-corrected chi connectivity index (χ2v) is 1.29. The molecule has 0 aliphatic carbocycles. The van der Waals surface area contributed by atoms with E-state index < -0.39 is 5.91 Å². The predicted octanol–water partition coefficient (Wildman–Crippen LogP) is -1.32. The lowest BCUT2D eigenvalue weighted by Gasteiger charge is -1.84. The van der Waals surface area contributed by atoms with E-state index in [9.17, 15) is 9.59 Å². The summed E-state index contributed by atoms with van der Waals surface area (Å²) in [4.78, 5) is 19.4. The minimum Gasteiger partial charge on any atom is -0.366 e. The fourth-order valence-electron chi connectivity index (χ4n) is 0.276. The number of carbonyl (C=O) groups is 1. The van der Waals surface area contributed by atoms with Gasteiger partial charge in [0.1, 0.15) is 0 Å². The number of carbonyl (C=O) groups excluding carboxylic acids is 2. The van der Waals surface area contributed by atoms with Crippen LogP contribution in [0.1, 0.15) is 0 Å². The van der Waals surface area contributed by atoms with Gasteiger partial charge in [-0.2, -0.15) is 0 Å². The van der Waals surface area contributed by atoms with Crippen LogP contribution >= 0.6 is 0 Å². The van der Waals surface area contributed by atoms with Gasteiger partial charge in [-0.25, -0.2) is 0 Å². The molecule has 0 fully saturated rings. The van der Waals surface area contributed by atoms with E-state index in [1.807, 2.05) is 0 Å². The van der Waals surface area contributed by atoms with Gasteiger partial charge in [0.2, 0.25) is 5.91 Å². The van der Waals surface area contributed by atoms with E-state index in [1.165, 1.54) is 18.6 Å². The van der Waals surface area contributed by atoms with Gasteiger partial charge >= 0.3 is 6.41 Å². The molecular weight excluding hydrogens is 120 g/mol. The molecule has 0 unspecified atom stereocenters. The third-order valence-electron chi connectivity index (χ3n) is 0.574. The zero-order chi connectivity index (χ0) is 7.11. The van der Waals surface area contributed by atoms with Crippen LogP contribution in [-0.2, 0) is 9.59 Å². The average molecular weight is 127 g/mol. The van der Waals surface area contributed by atoms with E-state index in [4.69, 9.17) is 5.73 Å². The van der Waals surface area contributed by atoms with Crippen LogP contribution in [0, 0.1) is 0 Å². The second kappa shape index (κ2) is 4.83. The molecule has 1 radical (unpaired) electrons. The van der Waals surface area contributed by atoms with Crippen molar-refractivity contribution in [3.63, 3.8) is 0 Å². The third-order valence-corrected chi connectivity index (χ3v) is 0.574. The van der Waals surface area contributed by atoms with Crippen LogP contribution in [0.4, 0.5) is 0 Å². The molecule has 4 heteroatoms. The molecule has 0 aromatic heterocycles. The number of nitrogens with two attached hydrogens (primary N) is 1. The molecule has 3 N–H and O–H groups in total. The predicted molar refractivity (Wildman–Crippen MR) is 32.0 cm³/mol. The quantitative estimate of drug-likeness (QED) is 0.279. The lowest BCUT2D eigenvalue weighted by atomic mass is 10.5. The average Bonchev–Trinajstić information content (AvgIpc) is 1.80. The van der Waals surface area contributed by atoms with E-state index in [1.54, 1.807) is 0 Å². The summed E-state index contributed by atoms with van der Waals surface area (Å²) in [6.45, 7) is 0.284. The molecule has 0 aromatic rings. The number of amides is 2.